The van der Waals surface area contributed by atoms with Crippen molar-refractivity contribution in [1.82, 2.24) is 4.98 Å². The van der Waals surface area contributed by atoms with Gasteiger partial charge in [0.2, 0.25) is 5.91 Å². The number of aryl methyl sites for hydroxylation is 1. The number of nitrogens with one attached hydrogen (secondary N) is 1. The molecule has 1 N–H and O–H groups in total. The molecule has 0 spiro atoms. The average Bonchev–Trinajstić information content (AvgIpc) is 2.85. The van der Waals surface area contributed by atoms with Crippen LogP contribution in [0.3, 0.4) is 0 Å². The quantitative estimate of drug-likeness (QED) is 0.948. The number of nitrogens with zero attached hydrogens (tertiary/aromatic N) is 1. The van der Waals surface area contributed by atoms with Crippen molar-refractivity contribution in [2.45, 2.75) is 25.7 Å². The molecule has 0 atom stereocenters. The zero-order valence-electron chi connectivity index (χ0n) is 11.2. The molecule has 0 radical (unpaired) electrons. The van der Waals surface area contributed by atoms with E-state index in [1.165, 1.54) is 23.5 Å². The lowest BCUT2D eigenvalue weighted by Crippen LogP contribution is -2.14. The fourth-order valence-corrected chi connectivity index (χ4v) is 3.27. The third kappa shape index (κ3) is 3.16. The van der Waals surface area contributed by atoms with Gasteiger partial charge in [-0.3, -0.25) is 9.59 Å². The van der Waals surface area contributed by atoms with Crippen LogP contribution in [0.2, 0.25) is 0 Å². The third-order valence-corrected chi connectivity index (χ3v) is 4.35. The highest BCUT2D eigenvalue weighted by Crippen LogP contribution is 2.29. The second kappa shape index (κ2) is 5.73. The molecule has 1 aromatic carbocycles. The molecule has 0 aliphatic heterocycles. The van der Waals surface area contributed by atoms with E-state index in [9.17, 15) is 14.0 Å². The monoisotopic (exact) mass is 304 g/mol. The molecule has 0 bridgehead atoms. The number of carbonyl (C=O) groups is 2. The number of hydrogen-bond donors (Lipinski definition) is 1. The summed E-state index contributed by atoms with van der Waals surface area (Å²) < 4.78 is 12.8. The van der Waals surface area contributed by atoms with Crippen LogP contribution in [0, 0.1) is 5.82 Å². The summed E-state index contributed by atoms with van der Waals surface area (Å²) in [6.07, 6.45) is 2.31. The summed E-state index contributed by atoms with van der Waals surface area (Å²) in [7, 11) is 0. The molecule has 108 valence electrons. The van der Waals surface area contributed by atoms with Gasteiger partial charge in [0, 0.05) is 6.42 Å². The molecule has 1 aliphatic carbocycles. The van der Waals surface area contributed by atoms with E-state index in [0.29, 0.717) is 16.4 Å². The van der Waals surface area contributed by atoms with Gasteiger partial charge >= 0.3 is 0 Å². The summed E-state index contributed by atoms with van der Waals surface area (Å²) in [6, 6.07) is 5.80. The van der Waals surface area contributed by atoms with Gasteiger partial charge in [-0.1, -0.05) is 23.5 Å². The van der Waals surface area contributed by atoms with Crippen molar-refractivity contribution >= 4 is 28.2 Å². The number of benzene rings is 1. The number of carbonyl (C=O) groups excluding carboxylic acids is 2. The first-order valence-corrected chi connectivity index (χ1v) is 7.50. The number of halogens is 1. The number of hydrogen-bond acceptors (Lipinski definition) is 4. The van der Waals surface area contributed by atoms with Gasteiger partial charge in [-0.25, -0.2) is 9.37 Å². The van der Waals surface area contributed by atoms with Crippen LogP contribution in [-0.2, 0) is 17.6 Å². The number of thiazole rings is 1. The van der Waals surface area contributed by atoms with Gasteiger partial charge in [0.25, 0.3) is 0 Å². The second-order valence-corrected chi connectivity index (χ2v) is 5.92. The molecular formula is C15H13FN2O2S. The smallest absolute Gasteiger partial charge is 0.230 e. The van der Waals surface area contributed by atoms with Crippen LogP contribution in [0.25, 0.3) is 0 Å². The second-order valence-electron chi connectivity index (χ2n) is 4.92. The molecule has 1 amide bonds. The van der Waals surface area contributed by atoms with Crippen molar-refractivity contribution in [3.05, 3.63) is 46.2 Å². The van der Waals surface area contributed by atoms with E-state index in [1.807, 2.05) is 0 Å². The SMILES string of the molecule is O=C(Cc1ccc(F)cc1)Nc1nc2c(s1)C(=O)CCC2. The van der Waals surface area contributed by atoms with Gasteiger partial charge in [0.05, 0.1) is 17.0 Å². The summed E-state index contributed by atoms with van der Waals surface area (Å²) in [5.41, 5.74) is 1.51. The standard InChI is InChI=1S/C15H13FN2O2S/c16-10-6-4-9(5-7-10)8-13(20)18-15-17-11-2-1-3-12(19)14(11)21-15/h4-7H,1-3,8H2,(H,17,18,20). The Morgan fingerprint density at radius 3 is 2.76 bits per heavy atom. The van der Waals surface area contributed by atoms with E-state index < -0.39 is 0 Å². The van der Waals surface area contributed by atoms with E-state index in [2.05, 4.69) is 10.3 Å². The van der Waals surface area contributed by atoms with E-state index >= 15 is 0 Å². The Morgan fingerprint density at radius 1 is 1.29 bits per heavy atom. The minimum absolute atomic E-state index is 0.104. The third-order valence-electron chi connectivity index (χ3n) is 3.29. The molecule has 0 saturated heterocycles. The number of amides is 1. The Labute approximate surface area is 125 Å². The molecule has 1 aromatic heterocycles. The van der Waals surface area contributed by atoms with Crippen LogP contribution in [0.15, 0.2) is 24.3 Å². The molecule has 4 nitrogen and oxygen atoms in total. The minimum atomic E-state index is -0.328. The molecule has 1 heterocycles. The van der Waals surface area contributed by atoms with Gasteiger partial charge in [0.1, 0.15) is 5.82 Å². The highest BCUT2D eigenvalue weighted by molar-refractivity contribution is 7.17. The predicted molar refractivity (Wildman–Crippen MR) is 78.1 cm³/mol. The number of anilines is 1. The lowest BCUT2D eigenvalue weighted by Gasteiger charge is -2.05. The van der Waals surface area contributed by atoms with Gasteiger partial charge in [-0.15, -0.1) is 0 Å². The van der Waals surface area contributed by atoms with Crippen LogP contribution in [0.4, 0.5) is 9.52 Å². The Balaban J connectivity index is 1.67. The summed E-state index contributed by atoms with van der Waals surface area (Å²) in [5, 5.41) is 3.17. The summed E-state index contributed by atoms with van der Waals surface area (Å²) in [4.78, 5) is 28.6. The molecule has 3 rings (SSSR count). The van der Waals surface area contributed by atoms with Crippen LogP contribution in [-0.4, -0.2) is 16.7 Å². The fourth-order valence-electron chi connectivity index (χ4n) is 2.27. The number of aromatic nitrogens is 1. The van der Waals surface area contributed by atoms with Crippen LogP contribution < -0.4 is 5.32 Å². The Bertz CT molecular complexity index is 694. The van der Waals surface area contributed by atoms with E-state index in [1.54, 1.807) is 12.1 Å². The maximum atomic E-state index is 12.8. The zero-order valence-corrected chi connectivity index (χ0v) is 12.0. The van der Waals surface area contributed by atoms with E-state index in [4.69, 9.17) is 0 Å². The van der Waals surface area contributed by atoms with Crippen LogP contribution >= 0.6 is 11.3 Å². The van der Waals surface area contributed by atoms with Gasteiger partial charge in [-0.2, -0.15) is 0 Å². The molecule has 21 heavy (non-hydrogen) atoms. The van der Waals surface area contributed by atoms with Crippen molar-refractivity contribution in [1.29, 1.82) is 0 Å². The van der Waals surface area contributed by atoms with Gasteiger partial charge in [-0.05, 0) is 30.5 Å². The van der Waals surface area contributed by atoms with Crippen LogP contribution in [0.1, 0.15) is 33.8 Å². The first-order valence-electron chi connectivity index (χ1n) is 6.69. The topological polar surface area (TPSA) is 59.1 Å². The van der Waals surface area contributed by atoms with Crippen molar-refractivity contribution in [2.75, 3.05) is 5.32 Å². The maximum Gasteiger partial charge on any atom is 0.230 e. The molecule has 0 fully saturated rings. The van der Waals surface area contributed by atoms with Gasteiger partial charge in [0.15, 0.2) is 10.9 Å². The number of fused-ring (bicyclic) bond motifs is 1. The van der Waals surface area contributed by atoms with Crippen molar-refractivity contribution in [3.8, 4) is 0 Å². The molecule has 2 aromatic rings. The normalized spacial score (nSPS) is 13.9. The Kier molecular flexibility index (Phi) is 3.79. The Hall–Kier alpha value is -2.08. The average molecular weight is 304 g/mol. The predicted octanol–water partition coefficient (Wildman–Crippen LogP) is 2.98. The summed E-state index contributed by atoms with van der Waals surface area (Å²) in [5.74, 6) is -0.446. The Morgan fingerprint density at radius 2 is 2.05 bits per heavy atom. The van der Waals surface area contributed by atoms with E-state index in [-0.39, 0.29) is 23.9 Å². The molecule has 0 saturated carbocycles. The van der Waals surface area contributed by atoms with Crippen LogP contribution in [0.5, 0.6) is 0 Å². The van der Waals surface area contributed by atoms with Crippen molar-refractivity contribution in [3.63, 3.8) is 0 Å². The first kappa shape index (κ1) is 13.9. The van der Waals surface area contributed by atoms with E-state index in [0.717, 1.165) is 24.1 Å². The molecule has 6 heteroatoms. The highest BCUT2D eigenvalue weighted by atomic mass is 32.1. The van der Waals surface area contributed by atoms with Gasteiger partial charge < -0.3 is 5.32 Å². The molecular weight excluding hydrogens is 291 g/mol. The highest BCUT2D eigenvalue weighted by Gasteiger charge is 2.22. The zero-order chi connectivity index (χ0) is 14.8. The number of rotatable bonds is 3. The maximum absolute atomic E-state index is 12.8. The minimum Gasteiger partial charge on any atom is -0.302 e. The van der Waals surface area contributed by atoms with Crippen molar-refractivity contribution < 1.29 is 14.0 Å². The molecule has 1 aliphatic rings. The lowest BCUT2D eigenvalue weighted by molar-refractivity contribution is -0.115. The van der Waals surface area contributed by atoms with Crippen molar-refractivity contribution in [2.24, 2.45) is 0 Å². The fraction of sp³-hybridized carbons (Fsp3) is 0.267. The number of ketones is 1. The first-order chi connectivity index (χ1) is 10.1. The largest absolute Gasteiger partial charge is 0.302 e. The number of Topliss-reactive ketones (excluding diaryl/α,β-unsaturated/α-hetero) is 1. The lowest BCUT2D eigenvalue weighted by atomic mass is 10.0. The summed E-state index contributed by atoms with van der Waals surface area (Å²) >= 11 is 1.23. The summed E-state index contributed by atoms with van der Waals surface area (Å²) in [6.45, 7) is 0. The molecule has 0 unspecified atom stereocenters.